The van der Waals surface area contributed by atoms with E-state index < -0.39 is 0 Å². The zero-order chi connectivity index (χ0) is 10.4. The molecule has 0 bridgehead atoms. The van der Waals surface area contributed by atoms with Gasteiger partial charge >= 0.3 is 0 Å². The lowest BCUT2D eigenvalue weighted by Crippen LogP contribution is -2.15. The van der Waals surface area contributed by atoms with Crippen molar-refractivity contribution in [1.29, 1.82) is 0 Å². The quantitative estimate of drug-likeness (QED) is 0.542. The van der Waals surface area contributed by atoms with Gasteiger partial charge in [-0.3, -0.25) is 4.99 Å². The van der Waals surface area contributed by atoms with Crippen molar-refractivity contribution in [2.45, 2.75) is 32.1 Å². The molecule has 14 heavy (non-hydrogen) atoms. The van der Waals surface area contributed by atoms with Crippen LogP contribution in [-0.4, -0.2) is 27.1 Å². The van der Waals surface area contributed by atoms with Crippen LogP contribution in [-0.2, 0) is 4.74 Å². The van der Waals surface area contributed by atoms with Crippen LogP contribution in [0.15, 0.2) is 16.3 Å². The normalized spacial score (nSPS) is 19.2. The van der Waals surface area contributed by atoms with E-state index in [0.717, 1.165) is 18.7 Å². The van der Waals surface area contributed by atoms with E-state index >= 15 is 0 Å². The maximum absolute atomic E-state index is 5.28. The number of aliphatic imine (C=N–C) groups is 1. The van der Waals surface area contributed by atoms with E-state index in [-0.39, 0.29) is 0 Å². The molecule has 0 aromatic carbocycles. The second kappa shape index (κ2) is 5.68. The van der Waals surface area contributed by atoms with Crippen molar-refractivity contribution in [2.24, 2.45) is 4.99 Å². The van der Waals surface area contributed by atoms with Gasteiger partial charge in [0, 0.05) is 25.4 Å². The summed E-state index contributed by atoms with van der Waals surface area (Å²) < 4.78 is 5.28. The van der Waals surface area contributed by atoms with Crippen molar-refractivity contribution in [3.63, 3.8) is 0 Å². The molecule has 0 amide bonds. The van der Waals surface area contributed by atoms with E-state index in [1.165, 1.54) is 30.5 Å². The Morgan fingerprint density at radius 1 is 1.29 bits per heavy atom. The van der Waals surface area contributed by atoms with Crippen molar-refractivity contribution in [3.05, 3.63) is 11.3 Å². The lowest BCUT2D eigenvalue weighted by Gasteiger charge is -2.13. The largest absolute Gasteiger partial charge is 0.481 e. The van der Waals surface area contributed by atoms with Gasteiger partial charge in [0.15, 0.2) is 0 Å². The Kier molecular flexibility index (Phi) is 4.50. The zero-order valence-corrected chi connectivity index (χ0v) is 9.39. The molecule has 80 valence electrons. The lowest BCUT2D eigenvalue weighted by molar-refractivity contribution is 0.400. The maximum atomic E-state index is 5.28. The van der Waals surface area contributed by atoms with Crippen LogP contribution in [0.5, 0.6) is 0 Å². The van der Waals surface area contributed by atoms with Gasteiger partial charge < -0.3 is 10.1 Å². The van der Waals surface area contributed by atoms with Crippen molar-refractivity contribution in [1.82, 2.24) is 5.32 Å². The van der Waals surface area contributed by atoms with Gasteiger partial charge in [-0.15, -0.1) is 0 Å². The van der Waals surface area contributed by atoms with Crippen LogP contribution in [0.25, 0.3) is 0 Å². The van der Waals surface area contributed by atoms with E-state index in [9.17, 15) is 0 Å². The van der Waals surface area contributed by atoms with Crippen LogP contribution >= 0.6 is 0 Å². The van der Waals surface area contributed by atoms with Gasteiger partial charge in [-0.05, 0) is 25.7 Å². The first-order chi connectivity index (χ1) is 6.83. The van der Waals surface area contributed by atoms with Crippen molar-refractivity contribution in [2.75, 3.05) is 21.2 Å². The van der Waals surface area contributed by atoms with Gasteiger partial charge in [-0.1, -0.05) is 6.42 Å². The Morgan fingerprint density at radius 3 is 2.57 bits per heavy atom. The fourth-order valence-electron chi connectivity index (χ4n) is 1.94. The summed E-state index contributed by atoms with van der Waals surface area (Å²) in [4.78, 5) is 4.17. The summed E-state index contributed by atoms with van der Waals surface area (Å²) in [5.74, 6) is 0.788. The molecule has 0 unspecified atom stereocenters. The molecule has 1 N–H and O–H groups in total. The standard InChI is InChI=1S/C11H20N2O/c1-12-10-8-6-4-5-7-9(10)11(13-2)14-3/h12H,4-8H2,1-3H3. The third-order valence-electron chi connectivity index (χ3n) is 2.67. The van der Waals surface area contributed by atoms with Crippen molar-refractivity contribution >= 4 is 5.90 Å². The summed E-state index contributed by atoms with van der Waals surface area (Å²) in [7, 11) is 5.45. The number of ether oxygens (including phenoxy) is 1. The zero-order valence-electron chi connectivity index (χ0n) is 9.39. The number of hydrogen-bond donors (Lipinski definition) is 1. The molecule has 0 spiro atoms. The number of allylic oxidation sites excluding steroid dienone is 1. The van der Waals surface area contributed by atoms with E-state index in [4.69, 9.17) is 4.74 Å². The summed E-state index contributed by atoms with van der Waals surface area (Å²) in [6, 6.07) is 0. The molecule has 0 fully saturated rings. The molecule has 0 aliphatic heterocycles. The highest BCUT2D eigenvalue weighted by Gasteiger charge is 2.15. The molecule has 0 aromatic rings. The van der Waals surface area contributed by atoms with Crippen LogP contribution in [0.2, 0.25) is 0 Å². The average Bonchev–Trinajstić information content (AvgIpc) is 2.45. The Labute approximate surface area is 86.3 Å². The predicted molar refractivity (Wildman–Crippen MR) is 59.5 cm³/mol. The minimum Gasteiger partial charge on any atom is -0.481 e. The van der Waals surface area contributed by atoms with Crippen molar-refractivity contribution < 1.29 is 4.74 Å². The Hall–Kier alpha value is -0.990. The highest BCUT2D eigenvalue weighted by Crippen LogP contribution is 2.23. The minimum absolute atomic E-state index is 0.788. The number of hydrogen-bond acceptors (Lipinski definition) is 3. The summed E-state index contributed by atoms with van der Waals surface area (Å²) in [6.07, 6.45) is 6.00. The van der Waals surface area contributed by atoms with Gasteiger partial charge in [-0.2, -0.15) is 0 Å². The SMILES string of the molecule is CN=C(OC)C1=C(NC)CCCCC1. The van der Waals surface area contributed by atoms with Crippen LogP contribution in [0.1, 0.15) is 32.1 Å². The average molecular weight is 196 g/mol. The first-order valence-electron chi connectivity index (χ1n) is 5.24. The molecule has 0 aromatic heterocycles. The third kappa shape index (κ3) is 2.50. The Balaban J connectivity index is 2.91. The number of nitrogens with one attached hydrogen (secondary N) is 1. The second-order valence-corrected chi connectivity index (χ2v) is 3.50. The lowest BCUT2D eigenvalue weighted by atomic mass is 10.1. The molecule has 1 aliphatic carbocycles. The monoisotopic (exact) mass is 196 g/mol. The molecular weight excluding hydrogens is 176 g/mol. The van der Waals surface area contributed by atoms with Gasteiger partial charge in [0.25, 0.3) is 0 Å². The first-order valence-corrected chi connectivity index (χ1v) is 5.24. The summed E-state index contributed by atoms with van der Waals surface area (Å²) >= 11 is 0. The molecule has 3 heteroatoms. The fourth-order valence-corrected chi connectivity index (χ4v) is 1.94. The predicted octanol–water partition coefficient (Wildman–Crippen LogP) is 2.10. The maximum Gasteiger partial charge on any atom is 0.213 e. The summed E-state index contributed by atoms with van der Waals surface area (Å²) in [5.41, 5.74) is 2.56. The van der Waals surface area contributed by atoms with E-state index in [1.807, 2.05) is 7.05 Å². The van der Waals surface area contributed by atoms with Gasteiger partial charge in [0.1, 0.15) is 0 Å². The topological polar surface area (TPSA) is 33.6 Å². The van der Waals surface area contributed by atoms with Gasteiger partial charge in [-0.25, -0.2) is 0 Å². The van der Waals surface area contributed by atoms with Crippen LogP contribution in [0.4, 0.5) is 0 Å². The van der Waals surface area contributed by atoms with Crippen LogP contribution < -0.4 is 5.32 Å². The second-order valence-electron chi connectivity index (χ2n) is 3.50. The highest BCUT2D eigenvalue weighted by atomic mass is 16.5. The summed E-state index contributed by atoms with van der Waals surface area (Å²) in [6.45, 7) is 0. The molecule has 0 saturated heterocycles. The smallest absolute Gasteiger partial charge is 0.213 e. The molecule has 0 atom stereocenters. The molecule has 0 heterocycles. The molecule has 0 radical (unpaired) electrons. The fraction of sp³-hybridized carbons (Fsp3) is 0.727. The van der Waals surface area contributed by atoms with E-state index in [1.54, 1.807) is 14.2 Å². The van der Waals surface area contributed by atoms with Crippen LogP contribution in [0.3, 0.4) is 0 Å². The minimum atomic E-state index is 0.788. The number of methoxy groups -OCH3 is 1. The molecular formula is C11H20N2O. The van der Waals surface area contributed by atoms with Gasteiger partial charge in [0.2, 0.25) is 5.90 Å². The summed E-state index contributed by atoms with van der Waals surface area (Å²) in [5, 5.41) is 3.26. The van der Waals surface area contributed by atoms with Crippen molar-refractivity contribution in [3.8, 4) is 0 Å². The Morgan fingerprint density at radius 2 is 2.00 bits per heavy atom. The first kappa shape index (κ1) is 11.1. The van der Waals surface area contributed by atoms with E-state index in [0.29, 0.717) is 0 Å². The van der Waals surface area contributed by atoms with E-state index in [2.05, 4.69) is 10.3 Å². The molecule has 3 nitrogen and oxygen atoms in total. The van der Waals surface area contributed by atoms with Crippen LogP contribution in [0, 0.1) is 0 Å². The molecule has 0 saturated carbocycles. The number of rotatable bonds is 2. The Bertz CT molecular complexity index is 244. The van der Waals surface area contributed by atoms with Gasteiger partial charge in [0.05, 0.1) is 7.11 Å². The molecule has 1 aliphatic rings. The molecule has 1 rings (SSSR count). The number of nitrogens with zero attached hydrogens (tertiary/aromatic N) is 1. The highest BCUT2D eigenvalue weighted by molar-refractivity contribution is 5.94. The third-order valence-corrected chi connectivity index (χ3v) is 2.67.